The van der Waals surface area contributed by atoms with E-state index >= 15 is 0 Å². The molecule has 0 heterocycles. The molecular formula is C27H38F2N2S. The number of halogens is 2. The SMILES string of the molecule is NC[C@H]1CC[C@H](NC(=S)C23CC4CC(c5ccccc5)(CC(C2)C4CCC(F)F)C3)CC1. The summed E-state index contributed by atoms with van der Waals surface area (Å²) in [5, 5.41) is 3.82. The highest BCUT2D eigenvalue weighted by Gasteiger charge is 2.62. The predicted molar refractivity (Wildman–Crippen MR) is 130 cm³/mol. The summed E-state index contributed by atoms with van der Waals surface area (Å²) in [4.78, 5) is 1.08. The molecule has 5 fully saturated rings. The van der Waals surface area contributed by atoms with Crippen LogP contribution >= 0.6 is 12.2 Å². The molecule has 1 aromatic rings. The van der Waals surface area contributed by atoms with Crippen LogP contribution in [0.25, 0.3) is 0 Å². The van der Waals surface area contributed by atoms with Crippen LogP contribution in [-0.4, -0.2) is 24.0 Å². The largest absolute Gasteiger partial charge is 0.376 e. The average molecular weight is 461 g/mol. The zero-order chi connectivity index (χ0) is 22.3. The third-order valence-electron chi connectivity index (χ3n) is 9.60. The van der Waals surface area contributed by atoms with Gasteiger partial charge in [-0.1, -0.05) is 42.5 Å². The first kappa shape index (κ1) is 22.7. The van der Waals surface area contributed by atoms with E-state index < -0.39 is 6.43 Å². The highest BCUT2D eigenvalue weighted by Crippen LogP contribution is 2.68. The summed E-state index contributed by atoms with van der Waals surface area (Å²) in [7, 11) is 0. The molecule has 0 amide bonds. The van der Waals surface area contributed by atoms with E-state index in [0.717, 1.165) is 56.5 Å². The van der Waals surface area contributed by atoms with Gasteiger partial charge >= 0.3 is 0 Å². The molecule has 4 bridgehead atoms. The van der Waals surface area contributed by atoms with E-state index in [0.29, 0.717) is 36.1 Å². The van der Waals surface area contributed by atoms with Crippen molar-refractivity contribution in [2.24, 2.45) is 34.8 Å². The summed E-state index contributed by atoms with van der Waals surface area (Å²) in [6.45, 7) is 0.796. The fourth-order valence-electron chi connectivity index (χ4n) is 8.31. The van der Waals surface area contributed by atoms with E-state index in [1.54, 1.807) is 0 Å². The van der Waals surface area contributed by atoms with Crippen LogP contribution in [0.4, 0.5) is 8.78 Å². The van der Waals surface area contributed by atoms with Gasteiger partial charge < -0.3 is 11.1 Å². The third-order valence-corrected chi connectivity index (χ3v) is 10.2. The van der Waals surface area contributed by atoms with Crippen molar-refractivity contribution in [3.05, 3.63) is 35.9 Å². The minimum absolute atomic E-state index is 0.0447. The second-order valence-electron chi connectivity index (χ2n) is 11.5. The Morgan fingerprint density at radius 3 is 2.28 bits per heavy atom. The Hall–Kier alpha value is -1.07. The predicted octanol–water partition coefficient (Wildman–Crippen LogP) is 6.23. The number of benzene rings is 1. The topological polar surface area (TPSA) is 38.0 Å². The number of nitrogens with one attached hydrogen (secondary N) is 1. The number of thiocarbonyl (C=S) groups is 1. The van der Waals surface area contributed by atoms with Crippen LogP contribution in [0.1, 0.15) is 76.2 Å². The van der Waals surface area contributed by atoms with E-state index in [9.17, 15) is 8.78 Å². The van der Waals surface area contributed by atoms with Crippen molar-refractivity contribution in [2.45, 2.75) is 88.5 Å². The lowest BCUT2D eigenvalue weighted by Crippen LogP contribution is -2.62. The molecule has 32 heavy (non-hydrogen) atoms. The molecular weight excluding hydrogens is 422 g/mol. The first-order valence-electron chi connectivity index (χ1n) is 12.8. The van der Waals surface area contributed by atoms with Crippen molar-refractivity contribution < 1.29 is 8.78 Å². The second kappa shape index (κ2) is 8.94. The van der Waals surface area contributed by atoms with Crippen LogP contribution in [0.2, 0.25) is 0 Å². The van der Waals surface area contributed by atoms with Crippen LogP contribution in [-0.2, 0) is 5.41 Å². The monoisotopic (exact) mass is 460 g/mol. The lowest BCUT2D eigenvalue weighted by molar-refractivity contribution is -0.0874. The Kier molecular flexibility index (Phi) is 6.35. The fraction of sp³-hybridized carbons (Fsp3) is 0.741. The third kappa shape index (κ3) is 4.13. The van der Waals surface area contributed by atoms with Gasteiger partial charge in [0.2, 0.25) is 6.43 Å². The highest BCUT2D eigenvalue weighted by molar-refractivity contribution is 7.80. The Labute approximate surface area is 197 Å². The lowest BCUT2D eigenvalue weighted by Gasteiger charge is -2.65. The standard InChI is InChI=1S/C27H38F2N2S/c28-24(29)11-10-23-19-12-26(21-4-2-1-3-5-21)13-20(23)15-27(14-19,17-26)25(32)31-22-8-6-18(16-30)7-9-22/h1-5,18-20,22-24H,6-17,30H2,(H,31,32)/t18-,19?,20?,22-,23?,26?,27?. The molecule has 6 rings (SSSR count). The zero-order valence-corrected chi connectivity index (χ0v) is 19.9. The van der Waals surface area contributed by atoms with Crippen molar-refractivity contribution in [1.82, 2.24) is 5.32 Å². The van der Waals surface area contributed by atoms with E-state index in [1.165, 1.54) is 18.4 Å². The molecule has 0 spiro atoms. The van der Waals surface area contributed by atoms with E-state index in [4.69, 9.17) is 18.0 Å². The van der Waals surface area contributed by atoms with Crippen LogP contribution in [0.5, 0.6) is 0 Å². The van der Waals surface area contributed by atoms with Gasteiger partial charge in [0.05, 0.1) is 4.99 Å². The van der Waals surface area contributed by atoms with E-state index in [1.807, 2.05) is 0 Å². The highest BCUT2D eigenvalue weighted by atomic mass is 32.1. The number of hydrogen-bond donors (Lipinski definition) is 2. The van der Waals surface area contributed by atoms with Crippen molar-refractivity contribution in [3.8, 4) is 0 Å². The smallest absolute Gasteiger partial charge is 0.238 e. The first-order valence-corrected chi connectivity index (χ1v) is 13.2. The van der Waals surface area contributed by atoms with Crippen molar-refractivity contribution >= 4 is 17.2 Å². The Bertz CT molecular complexity index is 789. The molecule has 0 aromatic heterocycles. The van der Waals surface area contributed by atoms with E-state index in [-0.39, 0.29) is 17.3 Å². The maximum Gasteiger partial charge on any atom is 0.238 e. The van der Waals surface area contributed by atoms with Crippen molar-refractivity contribution in [2.75, 3.05) is 6.54 Å². The molecule has 1 aromatic carbocycles. The molecule has 0 saturated heterocycles. The molecule has 5 aliphatic carbocycles. The summed E-state index contributed by atoms with van der Waals surface area (Å²) in [6, 6.07) is 11.5. The Morgan fingerprint density at radius 1 is 1.03 bits per heavy atom. The first-order chi connectivity index (χ1) is 15.4. The summed E-state index contributed by atoms with van der Waals surface area (Å²) < 4.78 is 26.1. The van der Waals surface area contributed by atoms with Gasteiger partial charge in [-0.25, -0.2) is 8.78 Å². The van der Waals surface area contributed by atoms with Gasteiger partial charge in [-0.15, -0.1) is 0 Å². The number of alkyl halides is 2. The molecule has 176 valence electrons. The summed E-state index contributed by atoms with van der Waals surface area (Å²) >= 11 is 6.17. The van der Waals surface area contributed by atoms with Crippen molar-refractivity contribution in [3.63, 3.8) is 0 Å². The van der Waals surface area contributed by atoms with Gasteiger partial charge in [-0.3, -0.25) is 0 Å². The molecule has 3 N–H and O–H groups in total. The molecule has 5 heteroatoms. The van der Waals surface area contributed by atoms with Crippen LogP contribution < -0.4 is 11.1 Å². The Morgan fingerprint density at radius 2 is 1.69 bits per heavy atom. The summed E-state index contributed by atoms with van der Waals surface area (Å²) in [5.41, 5.74) is 7.54. The Balaban J connectivity index is 1.37. The molecule has 5 aliphatic rings. The van der Waals surface area contributed by atoms with Gasteiger partial charge in [-0.05, 0) is 105 Å². The molecule has 2 atom stereocenters. The van der Waals surface area contributed by atoms with Crippen LogP contribution in [0, 0.1) is 29.1 Å². The number of hydrogen-bond acceptors (Lipinski definition) is 2. The van der Waals surface area contributed by atoms with Gasteiger partial charge in [0.1, 0.15) is 0 Å². The van der Waals surface area contributed by atoms with Crippen LogP contribution in [0.3, 0.4) is 0 Å². The average Bonchev–Trinajstić information content (AvgIpc) is 2.79. The maximum absolute atomic E-state index is 13.1. The van der Waals surface area contributed by atoms with E-state index in [2.05, 4.69) is 35.6 Å². The normalized spacial score (nSPS) is 40.6. The van der Waals surface area contributed by atoms with Crippen LogP contribution in [0.15, 0.2) is 30.3 Å². The second-order valence-corrected chi connectivity index (χ2v) is 11.9. The molecule has 0 aliphatic heterocycles. The quantitative estimate of drug-likeness (QED) is 0.474. The van der Waals surface area contributed by atoms with Gasteiger partial charge in [0, 0.05) is 17.9 Å². The number of nitrogens with two attached hydrogens (primary N) is 1. The van der Waals surface area contributed by atoms with Gasteiger partial charge in [-0.2, -0.15) is 0 Å². The lowest BCUT2D eigenvalue weighted by atomic mass is 9.40. The summed E-state index contributed by atoms with van der Waals surface area (Å²) in [6.07, 6.45) is 8.85. The minimum Gasteiger partial charge on any atom is -0.376 e. The summed E-state index contributed by atoms with van der Waals surface area (Å²) in [5.74, 6) is 2.14. The number of rotatable bonds is 7. The maximum atomic E-state index is 13.1. The van der Waals surface area contributed by atoms with Gasteiger partial charge in [0.15, 0.2) is 0 Å². The fourth-order valence-corrected chi connectivity index (χ4v) is 8.72. The molecule has 2 nitrogen and oxygen atoms in total. The van der Waals surface area contributed by atoms with Gasteiger partial charge in [0.25, 0.3) is 0 Å². The minimum atomic E-state index is -2.18. The molecule has 2 unspecified atom stereocenters. The molecule has 0 radical (unpaired) electrons. The zero-order valence-electron chi connectivity index (χ0n) is 19.1. The van der Waals surface area contributed by atoms with Crippen molar-refractivity contribution in [1.29, 1.82) is 0 Å². The molecule has 5 saturated carbocycles.